The summed E-state index contributed by atoms with van der Waals surface area (Å²) in [5.74, 6) is -1.77. The molecule has 50 heavy (non-hydrogen) atoms. The lowest BCUT2D eigenvalue weighted by atomic mass is 9.95. The fourth-order valence-electron chi connectivity index (χ4n) is 7.90. The number of anilines is 2. The number of nitrogens with one attached hydrogen (secondary N) is 1. The molecule has 6 heterocycles. The van der Waals surface area contributed by atoms with E-state index in [4.69, 9.17) is 25.1 Å². The van der Waals surface area contributed by atoms with Gasteiger partial charge < -0.3 is 33.3 Å². The van der Waals surface area contributed by atoms with E-state index in [-0.39, 0.29) is 34.2 Å². The number of likely N-dealkylation sites (N-methyl/N-ethyl adjacent to an activating group) is 1. The highest BCUT2D eigenvalue weighted by Gasteiger charge is 2.43. The first kappa shape index (κ1) is 31.5. The minimum atomic E-state index is -0.917. The van der Waals surface area contributed by atoms with E-state index in [2.05, 4.69) is 32.0 Å². The van der Waals surface area contributed by atoms with E-state index in [0.717, 1.165) is 48.6 Å². The first-order valence-corrected chi connectivity index (χ1v) is 16.2. The second-order valence-electron chi connectivity index (χ2n) is 13.1. The Morgan fingerprint density at radius 3 is 2.72 bits per heavy atom. The monoisotopic (exact) mass is 677 g/mol. The van der Waals surface area contributed by atoms with Crippen LogP contribution in [0, 0.1) is 25.2 Å². The smallest absolute Gasteiger partial charge is 0.454 e. The number of ether oxygens (including phenoxy) is 1. The maximum Gasteiger partial charge on any atom is 0.519 e. The normalized spacial score (nSPS) is 17.9. The molecule has 0 spiro atoms. The fourth-order valence-corrected chi connectivity index (χ4v) is 7.90. The largest absolute Gasteiger partial charge is 0.519 e. The van der Waals surface area contributed by atoms with Crippen LogP contribution in [0.4, 0.5) is 21.5 Å². The Morgan fingerprint density at radius 2 is 1.98 bits per heavy atom. The Balaban J connectivity index is 1.30. The van der Waals surface area contributed by atoms with E-state index in [1.54, 1.807) is 37.1 Å². The second-order valence-corrected chi connectivity index (χ2v) is 13.1. The van der Waals surface area contributed by atoms with Crippen molar-refractivity contribution >= 4 is 34.1 Å². The highest BCUT2D eigenvalue weighted by molar-refractivity contribution is 6.02. The second kappa shape index (κ2) is 11.7. The molecule has 14 heteroatoms. The minimum Gasteiger partial charge on any atom is -0.454 e. The Bertz CT molecular complexity index is 2430. The van der Waals surface area contributed by atoms with E-state index in [9.17, 15) is 14.4 Å². The maximum atomic E-state index is 15.5. The zero-order chi connectivity index (χ0) is 35.0. The Hall–Kier alpha value is -5.81. The van der Waals surface area contributed by atoms with Gasteiger partial charge in [0.1, 0.15) is 17.0 Å². The molecule has 13 nitrogen and oxygen atoms in total. The zero-order valence-electron chi connectivity index (χ0n) is 27.8. The number of aryl methyl sites for hydroxylation is 2. The number of carbonyl (C=O) groups excluding carboxylic acids is 1. The average Bonchev–Trinajstić information content (AvgIpc) is 3.86. The molecule has 0 amide bonds. The molecule has 2 fully saturated rings. The van der Waals surface area contributed by atoms with Crippen molar-refractivity contribution in [1.29, 1.82) is 0 Å². The van der Waals surface area contributed by atoms with Crippen LogP contribution in [0.3, 0.4) is 0 Å². The molecule has 4 aromatic heterocycles. The van der Waals surface area contributed by atoms with Crippen molar-refractivity contribution in [2.24, 2.45) is 13.0 Å². The molecule has 1 N–H and O–H groups in total. The van der Waals surface area contributed by atoms with E-state index in [0.29, 0.717) is 40.4 Å². The van der Waals surface area contributed by atoms with Gasteiger partial charge in [0.2, 0.25) is 11.1 Å². The summed E-state index contributed by atoms with van der Waals surface area (Å²) in [5, 5.41) is 3.28. The van der Waals surface area contributed by atoms with Crippen LogP contribution in [0.15, 0.2) is 49.1 Å². The van der Waals surface area contributed by atoms with Crippen LogP contribution < -0.4 is 21.5 Å². The number of rotatable bonds is 6. The molecule has 3 aliphatic rings. The number of benzene rings is 1. The standard InChI is InChI=1S/C36H32FN7O6/c1-17-28(50-36(47)49-17)16-48-35(46)23-14-43(5)34-21(33(23)45)8-19(11-41-34)22-12-40-26-9-20-25(38-2)10-24(37)31(39-3)29(20)30(26)32(22)44-7-6-18-13-42(4)15-27(18)44/h8,10-12,14,18,27,38H,6-7,9,13,15-16H2,1-2,4-5H3/t18-,27+/m0/s1. The van der Waals surface area contributed by atoms with Gasteiger partial charge in [-0.2, -0.15) is 0 Å². The topological polar surface area (TPSA) is 140 Å². The van der Waals surface area contributed by atoms with Crippen molar-refractivity contribution in [2.75, 3.05) is 43.9 Å². The first-order chi connectivity index (χ1) is 24.1. The van der Waals surface area contributed by atoms with Crippen LogP contribution in [-0.4, -0.2) is 65.2 Å². The van der Waals surface area contributed by atoms with Gasteiger partial charge in [-0.15, -0.1) is 0 Å². The van der Waals surface area contributed by atoms with Gasteiger partial charge in [-0.3, -0.25) is 9.78 Å². The third-order valence-corrected chi connectivity index (χ3v) is 10.2. The lowest BCUT2D eigenvalue weighted by molar-refractivity contribution is 0.0440. The molecule has 2 atom stereocenters. The van der Waals surface area contributed by atoms with Crippen molar-refractivity contribution < 1.29 is 22.8 Å². The summed E-state index contributed by atoms with van der Waals surface area (Å²) in [6.45, 7) is 11.6. The predicted molar refractivity (Wildman–Crippen MR) is 182 cm³/mol. The molecule has 2 aliphatic heterocycles. The van der Waals surface area contributed by atoms with Crippen LogP contribution >= 0.6 is 0 Å². The van der Waals surface area contributed by atoms with Crippen molar-refractivity contribution in [2.45, 2.75) is 32.4 Å². The number of pyridine rings is 3. The predicted octanol–water partition coefficient (Wildman–Crippen LogP) is 4.65. The number of fused-ring (bicyclic) bond motifs is 5. The molecule has 0 bridgehead atoms. The lowest BCUT2D eigenvalue weighted by Gasteiger charge is -2.31. The van der Waals surface area contributed by atoms with Gasteiger partial charge in [-0.1, -0.05) is 0 Å². The van der Waals surface area contributed by atoms with E-state index in [1.807, 2.05) is 0 Å². The van der Waals surface area contributed by atoms with E-state index < -0.39 is 29.6 Å². The highest BCUT2D eigenvalue weighted by atomic mass is 19.1. The molecular formula is C36H32FN7O6. The van der Waals surface area contributed by atoms with Gasteiger partial charge >= 0.3 is 11.8 Å². The molecule has 2 saturated heterocycles. The summed E-state index contributed by atoms with van der Waals surface area (Å²) in [7, 11) is 5.51. The van der Waals surface area contributed by atoms with Crippen LogP contribution in [-0.2, 0) is 24.8 Å². The number of carbonyl (C=O) groups is 1. The van der Waals surface area contributed by atoms with Crippen molar-refractivity contribution in [3.63, 3.8) is 0 Å². The molecule has 8 rings (SSSR count). The lowest BCUT2D eigenvalue weighted by Crippen LogP contribution is -2.35. The molecule has 0 radical (unpaired) electrons. The zero-order valence-corrected chi connectivity index (χ0v) is 27.8. The van der Waals surface area contributed by atoms with Gasteiger partial charge in [-0.05, 0) is 44.0 Å². The molecule has 5 aromatic rings. The Morgan fingerprint density at radius 1 is 1.16 bits per heavy atom. The van der Waals surface area contributed by atoms with Crippen molar-refractivity contribution in [3.05, 3.63) is 97.1 Å². The Labute approximate surface area is 284 Å². The molecule has 1 aliphatic carbocycles. The maximum absolute atomic E-state index is 15.5. The quantitative estimate of drug-likeness (QED) is 0.195. The first-order valence-electron chi connectivity index (χ1n) is 16.2. The highest BCUT2D eigenvalue weighted by Crippen LogP contribution is 2.54. The number of hydrogen-bond acceptors (Lipinski definition) is 11. The number of aromatic nitrogens is 3. The number of nitrogens with zero attached hydrogens (tertiary/aromatic N) is 6. The summed E-state index contributed by atoms with van der Waals surface area (Å²) in [5.41, 5.74) is 5.03. The molecular weight excluding hydrogens is 645 g/mol. The Kier molecular flexibility index (Phi) is 7.34. The summed E-state index contributed by atoms with van der Waals surface area (Å²) in [4.78, 5) is 56.4. The SMILES string of the molecule is [C-]#[N+]c1c(F)cc(NC)c2c1-c1c(ncc(-c3cnc4c(c3)c(=O)c(C(=O)OCc3oc(=O)oc3C)cn4C)c1N1CC[C@H]3CN(C)C[C@H]31)C2. The van der Waals surface area contributed by atoms with Crippen LogP contribution in [0.1, 0.15) is 39.6 Å². The fraction of sp³-hybridized carbons (Fsp3) is 0.333. The summed E-state index contributed by atoms with van der Waals surface area (Å²) >= 11 is 0. The van der Waals surface area contributed by atoms with E-state index >= 15 is 4.39 Å². The van der Waals surface area contributed by atoms with Gasteiger partial charge in [0, 0.05) is 92.7 Å². The van der Waals surface area contributed by atoms with Crippen molar-refractivity contribution in [3.8, 4) is 22.3 Å². The number of halogens is 1. The van der Waals surface area contributed by atoms with Crippen LogP contribution in [0.5, 0.6) is 0 Å². The van der Waals surface area contributed by atoms with Crippen LogP contribution in [0.25, 0.3) is 38.1 Å². The van der Waals surface area contributed by atoms with Gasteiger partial charge in [-0.25, -0.2) is 23.8 Å². The third kappa shape index (κ3) is 4.79. The summed E-state index contributed by atoms with van der Waals surface area (Å²) < 4.78 is 32.2. The average molecular weight is 678 g/mol. The number of hydrogen-bond donors (Lipinski definition) is 1. The van der Waals surface area contributed by atoms with Crippen LogP contribution in [0.2, 0.25) is 0 Å². The summed E-state index contributed by atoms with van der Waals surface area (Å²) in [6.07, 6.45) is 6.20. The summed E-state index contributed by atoms with van der Waals surface area (Å²) in [6, 6.07) is 3.25. The minimum absolute atomic E-state index is 0.0452. The van der Waals surface area contributed by atoms with E-state index in [1.165, 1.54) is 19.2 Å². The van der Waals surface area contributed by atoms with Gasteiger partial charge in [0.15, 0.2) is 18.1 Å². The third-order valence-electron chi connectivity index (χ3n) is 10.2. The van der Waals surface area contributed by atoms with Crippen molar-refractivity contribution in [1.82, 2.24) is 19.4 Å². The molecule has 0 saturated carbocycles. The molecule has 0 unspecified atom stereocenters. The van der Waals surface area contributed by atoms with Gasteiger partial charge in [0.05, 0.1) is 23.3 Å². The molecule has 1 aromatic carbocycles. The van der Waals surface area contributed by atoms with Gasteiger partial charge in [0.25, 0.3) is 0 Å². The number of likely N-dealkylation sites (tertiary alicyclic amines) is 1. The number of esters is 1. The molecule has 254 valence electrons.